The molecular weight excluding hydrogens is 264 g/mol. The molecule has 1 fully saturated rings. The van der Waals surface area contributed by atoms with Crippen LogP contribution in [0.4, 0.5) is 0 Å². The minimum Gasteiger partial charge on any atom is -0.355 e. The number of hydrogen-bond acceptors (Lipinski definition) is 4. The van der Waals surface area contributed by atoms with E-state index >= 15 is 0 Å². The van der Waals surface area contributed by atoms with Gasteiger partial charge >= 0.3 is 0 Å². The Balaban J connectivity index is 1.62. The number of thiazole rings is 1. The molecule has 1 aromatic rings. The minimum atomic E-state index is 0.153. The maximum absolute atomic E-state index is 11.6. The van der Waals surface area contributed by atoms with Crippen LogP contribution < -0.4 is 5.32 Å². The van der Waals surface area contributed by atoms with E-state index in [1.165, 1.54) is 12.8 Å². The average molecular weight is 284 g/mol. The van der Waals surface area contributed by atoms with Gasteiger partial charge < -0.3 is 5.32 Å². The molecule has 0 radical (unpaired) electrons. The quantitative estimate of drug-likeness (QED) is 0.837. The fourth-order valence-electron chi connectivity index (χ4n) is 1.61. The van der Waals surface area contributed by atoms with E-state index in [-0.39, 0.29) is 5.91 Å². The molecule has 1 aliphatic rings. The second-order valence-corrected chi connectivity index (χ2v) is 6.91. The molecule has 0 spiro atoms. The monoisotopic (exact) mass is 284 g/mol. The van der Waals surface area contributed by atoms with Gasteiger partial charge in [-0.1, -0.05) is 6.92 Å². The first kappa shape index (κ1) is 13.9. The van der Waals surface area contributed by atoms with Crippen molar-refractivity contribution in [2.75, 3.05) is 18.1 Å². The van der Waals surface area contributed by atoms with E-state index in [4.69, 9.17) is 0 Å². The molecule has 5 heteroatoms. The van der Waals surface area contributed by atoms with Crippen molar-refractivity contribution >= 4 is 29.0 Å². The van der Waals surface area contributed by atoms with Gasteiger partial charge in [-0.2, -0.15) is 11.8 Å². The third-order valence-electron chi connectivity index (χ3n) is 2.95. The molecule has 1 heterocycles. The predicted molar refractivity (Wildman–Crippen MR) is 78.3 cm³/mol. The molecule has 0 saturated heterocycles. The predicted octanol–water partition coefficient (Wildman–Crippen LogP) is 2.81. The normalized spacial score (nSPS) is 16.6. The molecule has 0 bridgehead atoms. The van der Waals surface area contributed by atoms with Gasteiger partial charge in [-0.15, -0.1) is 11.3 Å². The van der Waals surface area contributed by atoms with Crippen molar-refractivity contribution in [1.29, 1.82) is 0 Å². The van der Waals surface area contributed by atoms with Gasteiger partial charge in [0.25, 0.3) is 0 Å². The fraction of sp³-hybridized carbons (Fsp3) is 0.692. The van der Waals surface area contributed by atoms with Crippen LogP contribution in [-0.2, 0) is 4.79 Å². The summed E-state index contributed by atoms with van der Waals surface area (Å²) in [5, 5.41) is 6.16. The summed E-state index contributed by atoms with van der Waals surface area (Å²) in [6.07, 6.45) is 2.71. The molecule has 0 aromatic carbocycles. The Bertz CT molecular complexity index is 401. The number of aryl methyl sites for hydroxylation is 1. The highest BCUT2D eigenvalue weighted by Crippen LogP contribution is 2.32. The van der Waals surface area contributed by atoms with E-state index in [2.05, 4.69) is 22.6 Å². The number of hydrogen-bond donors (Lipinski definition) is 1. The summed E-state index contributed by atoms with van der Waals surface area (Å²) in [4.78, 5) is 16.1. The number of nitrogens with one attached hydrogen (secondary N) is 1. The molecule has 1 aromatic heterocycles. The highest BCUT2D eigenvalue weighted by molar-refractivity contribution is 7.99. The third kappa shape index (κ3) is 4.61. The van der Waals surface area contributed by atoms with Gasteiger partial charge in [-0.05, 0) is 31.4 Å². The Morgan fingerprint density at radius 2 is 2.44 bits per heavy atom. The molecule has 0 aliphatic heterocycles. The van der Waals surface area contributed by atoms with Crippen LogP contribution >= 0.6 is 23.1 Å². The number of thioether (sulfide) groups is 1. The molecule has 1 aliphatic carbocycles. The zero-order chi connectivity index (χ0) is 13.0. The molecule has 1 N–H and O–H groups in total. The number of carbonyl (C=O) groups excluding carboxylic acids is 1. The van der Waals surface area contributed by atoms with Crippen molar-refractivity contribution < 1.29 is 4.79 Å². The Labute approximate surface area is 117 Å². The van der Waals surface area contributed by atoms with Crippen LogP contribution in [0.2, 0.25) is 0 Å². The Kier molecular flexibility index (Phi) is 5.06. The van der Waals surface area contributed by atoms with E-state index < -0.39 is 0 Å². The van der Waals surface area contributed by atoms with Crippen molar-refractivity contribution in [3.8, 4) is 0 Å². The lowest BCUT2D eigenvalue weighted by atomic mass is 10.2. The molecule has 18 heavy (non-hydrogen) atoms. The van der Waals surface area contributed by atoms with Crippen molar-refractivity contribution in [3.05, 3.63) is 16.1 Å². The summed E-state index contributed by atoms with van der Waals surface area (Å²) in [6.45, 7) is 4.80. The molecule has 1 amide bonds. The number of carbonyl (C=O) groups is 1. The van der Waals surface area contributed by atoms with Gasteiger partial charge in [0, 0.05) is 23.5 Å². The van der Waals surface area contributed by atoms with E-state index in [1.54, 1.807) is 23.1 Å². The largest absolute Gasteiger partial charge is 0.355 e. The SMILES string of the molecule is Cc1csc([C@@H](C)CNC(=O)CSCC2CC2)n1. The Morgan fingerprint density at radius 3 is 3.06 bits per heavy atom. The van der Waals surface area contributed by atoms with Crippen molar-refractivity contribution in [2.24, 2.45) is 5.92 Å². The summed E-state index contributed by atoms with van der Waals surface area (Å²) >= 11 is 3.43. The van der Waals surface area contributed by atoms with Crippen molar-refractivity contribution in [3.63, 3.8) is 0 Å². The standard InChI is InChI=1S/C13H20N2OS2/c1-9(13-15-10(2)6-18-13)5-14-12(16)8-17-7-11-3-4-11/h6,9,11H,3-5,7-8H2,1-2H3,(H,14,16)/t9-/m0/s1. The highest BCUT2D eigenvalue weighted by atomic mass is 32.2. The topological polar surface area (TPSA) is 42.0 Å². The fourth-order valence-corrected chi connectivity index (χ4v) is 3.53. The second kappa shape index (κ2) is 6.57. The van der Waals surface area contributed by atoms with E-state index in [0.717, 1.165) is 22.4 Å². The summed E-state index contributed by atoms with van der Waals surface area (Å²) in [5.74, 6) is 3.09. The Hall–Kier alpha value is -0.550. The third-order valence-corrected chi connectivity index (χ3v) is 5.31. The molecule has 0 unspecified atom stereocenters. The van der Waals surface area contributed by atoms with Crippen molar-refractivity contribution in [2.45, 2.75) is 32.6 Å². The van der Waals surface area contributed by atoms with Gasteiger partial charge in [-0.3, -0.25) is 4.79 Å². The lowest BCUT2D eigenvalue weighted by Gasteiger charge is -2.09. The lowest BCUT2D eigenvalue weighted by molar-refractivity contribution is -0.118. The number of amides is 1. The van der Waals surface area contributed by atoms with Gasteiger partial charge in [0.15, 0.2) is 0 Å². The lowest BCUT2D eigenvalue weighted by Crippen LogP contribution is -2.29. The highest BCUT2D eigenvalue weighted by Gasteiger charge is 2.21. The molecule has 2 rings (SSSR count). The molecule has 3 nitrogen and oxygen atoms in total. The van der Waals surface area contributed by atoms with Gasteiger partial charge in [0.2, 0.25) is 5.91 Å². The van der Waals surface area contributed by atoms with Crippen LogP contribution in [0.1, 0.15) is 36.4 Å². The van der Waals surface area contributed by atoms with Gasteiger partial charge in [-0.25, -0.2) is 4.98 Å². The number of aromatic nitrogens is 1. The van der Waals surface area contributed by atoms with Crippen molar-refractivity contribution in [1.82, 2.24) is 10.3 Å². The number of rotatable bonds is 7. The van der Waals surface area contributed by atoms with Crippen LogP contribution in [0.15, 0.2) is 5.38 Å². The van der Waals surface area contributed by atoms with Crippen LogP contribution in [0, 0.1) is 12.8 Å². The summed E-state index contributed by atoms with van der Waals surface area (Å²) < 4.78 is 0. The molecular formula is C13H20N2OS2. The molecule has 100 valence electrons. The average Bonchev–Trinajstić information content (AvgIpc) is 3.06. The molecule has 1 saturated carbocycles. The van der Waals surface area contributed by atoms with E-state index in [0.29, 0.717) is 18.2 Å². The van der Waals surface area contributed by atoms with Gasteiger partial charge in [0.1, 0.15) is 0 Å². The molecule has 1 atom stereocenters. The Morgan fingerprint density at radius 1 is 1.67 bits per heavy atom. The van der Waals surface area contributed by atoms with E-state index in [9.17, 15) is 4.79 Å². The summed E-state index contributed by atoms with van der Waals surface area (Å²) in [5.41, 5.74) is 1.06. The smallest absolute Gasteiger partial charge is 0.230 e. The van der Waals surface area contributed by atoms with Crippen LogP contribution in [0.5, 0.6) is 0 Å². The zero-order valence-corrected chi connectivity index (χ0v) is 12.6. The maximum Gasteiger partial charge on any atom is 0.230 e. The van der Waals surface area contributed by atoms with E-state index in [1.807, 2.05) is 6.92 Å². The van der Waals surface area contributed by atoms with Crippen LogP contribution in [-0.4, -0.2) is 28.9 Å². The first-order valence-corrected chi connectivity index (χ1v) is 8.45. The summed E-state index contributed by atoms with van der Waals surface area (Å²) in [7, 11) is 0. The first-order valence-electron chi connectivity index (χ1n) is 6.41. The summed E-state index contributed by atoms with van der Waals surface area (Å²) in [6, 6.07) is 0. The zero-order valence-electron chi connectivity index (χ0n) is 10.9. The number of nitrogens with zero attached hydrogens (tertiary/aromatic N) is 1. The maximum atomic E-state index is 11.6. The first-order chi connectivity index (χ1) is 8.65. The second-order valence-electron chi connectivity index (χ2n) is 4.99. The minimum absolute atomic E-state index is 0.153. The van der Waals surface area contributed by atoms with Crippen LogP contribution in [0.3, 0.4) is 0 Å². The van der Waals surface area contributed by atoms with Crippen LogP contribution in [0.25, 0.3) is 0 Å². The van der Waals surface area contributed by atoms with Gasteiger partial charge in [0.05, 0.1) is 10.8 Å².